The van der Waals surface area contributed by atoms with E-state index in [1.165, 1.54) is 6.07 Å². The molecular weight excluding hydrogens is 301 g/mol. The number of alkyl halides is 4. The van der Waals surface area contributed by atoms with E-state index in [1.807, 2.05) is 20.8 Å². The number of allylic oxidation sites excluding steroid dienone is 3. The van der Waals surface area contributed by atoms with E-state index in [0.717, 1.165) is 23.3 Å². The summed E-state index contributed by atoms with van der Waals surface area (Å²) in [6.45, 7) is 5.52. The first-order valence-electron chi connectivity index (χ1n) is 6.57. The van der Waals surface area contributed by atoms with Crippen molar-refractivity contribution in [1.29, 1.82) is 0 Å². The van der Waals surface area contributed by atoms with Gasteiger partial charge in [-0.1, -0.05) is 19.1 Å². The van der Waals surface area contributed by atoms with E-state index in [9.17, 15) is 13.2 Å². The monoisotopic (exact) mass is 318 g/mol. The van der Waals surface area contributed by atoms with Gasteiger partial charge in [0.15, 0.2) is 0 Å². The highest BCUT2D eigenvalue weighted by atomic mass is 35.5. The molecule has 0 heterocycles. The maximum atomic E-state index is 12.8. The first kappa shape index (κ1) is 17.6. The molecule has 0 saturated heterocycles. The molecule has 0 N–H and O–H groups in total. The van der Waals surface area contributed by atoms with Crippen LogP contribution in [-0.2, 0) is 12.6 Å². The predicted octanol–water partition coefficient (Wildman–Crippen LogP) is 5.74. The summed E-state index contributed by atoms with van der Waals surface area (Å²) >= 11 is 5.58. The molecule has 0 aliphatic heterocycles. The van der Waals surface area contributed by atoms with Crippen LogP contribution in [0.3, 0.4) is 0 Å². The molecule has 0 atom stereocenters. The molecule has 1 rings (SSSR count). The van der Waals surface area contributed by atoms with E-state index in [0.29, 0.717) is 18.1 Å². The summed E-state index contributed by atoms with van der Waals surface area (Å²) in [6.07, 6.45) is -0.449. The number of hydrogen-bond donors (Lipinski definition) is 0. The van der Waals surface area contributed by atoms with Gasteiger partial charge in [0.1, 0.15) is 11.5 Å². The van der Waals surface area contributed by atoms with E-state index >= 15 is 0 Å². The number of ether oxygens (including phenoxy) is 1. The molecule has 21 heavy (non-hydrogen) atoms. The van der Waals surface area contributed by atoms with Gasteiger partial charge < -0.3 is 4.74 Å². The first-order chi connectivity index (χ1) is 9.79. The van der Waals surface area contributed by atoms with Crippen LogP contribution >= 0.6 is 11.6 Å². The highest BCUT2D eigenvalue weighted by Crippen LogP contribution is 2.34. The molecule has 0 unspecified atom stereocenters. The zero-order valence-electron chi connectivity index (χ0n) is 12.2. The number of aryl methyl sites for hydroxylation is 1. The van der Waals surface area contributed by atoms with Gasteiger partial charge in [-0.2, -0.15) is 13.2 Å². The Bertz CT molecular complexity index is 541. The van der Waals surface area contributed by atoms with Gasteiger partial charge in [0.25, 0.3) is 0 Å². The van der Waals surface area contributed by atoms with Gasteiger partial charge in [0.05, 0.1) is 5.56 Å². The zero-order valence-corrected chi connectivity index (χ0v) is 13.0. The quantitative estimate of drug-likeness (QED) is 0.382. The summed E-state index contributed by atoms with van der Waals surface area (Å²) in [7, 11) is 0. The Kier molecular flexibility index (Phi) is 6.34. The SMILES string of the molecule is CCc1ccc(C(F)(F)F)cc1OC(/C=C\CCl)=C(C)C. The lowest BCUT2D eigenvalue weighted by Gasteiger charge is -2.15. The molecule has 0 bridgehead atoms. The van der Waals surface area contributed by atoms with E-state index in [4.69, 9.17) is 16.3 Å². The Labute approximate surface area is 128 Å². The fourth-order valence-electron chi connectivity index (χ4n) is 1.69. The Morgan fingerprint density at radius 1 is 1.29 bits per heavy atom. The van der Waals surface area contributed by atoms with Crippen molar-refractivity contribution in [1.82, 2.24) is 0 Å². The van der Waals surface area contributed by atoms with E-state index < -0.39 is 11.7 Å². The molecule has 0 aromatic heterocycles. The second-order valence-corrected chi connectivity index (χ2v) is 5.01. The molecule has 0 amide bonds. The maximum absolute atomic E-state index is 12.8. The second kappa shape index (κ2) is 7.55. The van der Waals surface area contributed by atoms with Crippen molar-refractivity contribution in [3.63, 3.8) is 0 Å². The zero-order chi connectivity index (χ0) is 16.0. The van der Waals surface area contributed by atoms with Crippen LogP contribution in [0.5, 0.6) is 5.75 Å². The fourth-order valence-corrected chi connectivity index (χ4v) is 1.78. The second-order valence-electron chi connectivity index (χ2n) is 4.70. The van der Waals surface area contributed by atoms with E-state index in [2.05, 4.69) is 0 Å². The van der Waals surface area contributed by atoms with Gasteiger partial charge in [-0.05, 0) is 49.6 Å². The van der Waals surface area contributed by atoms with Crippen LogP contribution in [0.15, 0.2) is 41.7 Å². The van der Waals surface area contributed by atoms with Gasteiger partial charge in [0, 0.05) is 5.88 Å². The topological polar surface area (TPSA) is 9.23 Å². The highest BCUT2D eigenvalue weighted by Gasteiger charge is 2.31. The van der Waals surface area contributed by atoms with Crippen LogP contribution in [-0.4, -0.2) is 5.88 Å². The van der Waals surface area contributed by atoms with Crippen LogP contribution < -0.4 is 4.74 Å². The molecule has 0 radical (unpaired) electrons. The minimum atomic E-state index is -4.39. The summed E-state index contributed by atoms with van der Waals surface area (Å²) in [5, 5.41) is 0. The lowest BCUT2D eigenvalue weighted by atomic mass is 10.1. The van der Waals surface area contributed by atoms with Crippen molar-refractivity contribution in [2.24, 2.45) is 0 Å². The van der Waals surface area contributed by atoms with Crippen LogP contribution in [0.1, 0.15) is 31.9 Å². The minimum Gasteiger partial charge on any atom is -0.457 e. The van der Waals surface area contributed by atoms with Crippen molar-refractivity contribution < 1.29 is 17.9 Å². The van der Waals surface area contributed by atoms with Crippen LogP contribution in [0.4, 0.5) is 13.2 Å². The summed E-state index contributed by atoms with van der Waals surface area (Å²) in [5.74, 6) is 1.04. The average Bonchev–Trinajstić information content (AvgIpc) is 2.41. The Morgan fingerprint density at radius 2 is 1.95 bits per heavy atom. The van der Waals surface area contributed by atoms with Crippen molar-refractivity contribution in [3.8, 4) is 5.75 Å². The summed E-state index contributed by atoms with van der Waals surface area (Å²) < 4.78 is 44.1. The third-order valence-electron chi connectivity index (χ3n) is 2.85. The third kappa shape index (κ3) is 5.12. The van der Waals surface area contributed by atoms with Crippen LogP contribution in [0.25, 0.3) is 0 Å². The van der Waals surface area contributed by atoms with Crippen molar-refractivity contribution in [3.05, 3.63) is 52.8 Å². The molecule has 116 valence electrons. The lowest BCUT2D eigenvalue weighted by molar-refractivity contribution is -0.137. The van der Waals surface area contributed by atoms with Crippen LogP contribution in [0, 0.1) is 0 Å². The van der Waals surface area contributed by atoms with E-state index in [-0.39, 0.29) is 5.75 Å². The number of halogens is 4. The highest BCUT2D eigenvalue weighted by molar-refractivity contribution is 6.18. The molecule has 0 fully saturated rings. The standard InChI is InChI=1S/C16H18ClF3O/c1-4-12-7-8-13(16(18,19)20)10-15(12)21-14(11(2)3)6-5-9-17/h5-8,10H,4,9H2,1-3H3/b6-5-. The molecule has 5 heteroatoms. The van der Waals surface area contributed by atoms with Gasteiger partial charge in [0.2, 0.25) is 0 Å². The molecule has 0 saturated carbocycles. The van der Waals surface area contributed by atoms with Gasteiger partial charge in [-0.3, -0.25) is 0 Å². The maximum Gasteiger partial charge on any atom is 0.416 e. The van der Waals surface area contributed by atoms with Gasteiger partial charge in [-0.15, -0.1) is 11.6 Å². The molecule has 1 aromatic rings. The number of rotatable bonds is 5. The molecule has 0 aliphatic rings. The summed E-state index contributed by atoms with van der Waals surface area (Å²) in [4.78, 5) is 0. The van der Waals surface area contributed by atoms with Crippen molar-refractivity contribution >= 4 is 11.6 Å². The third-order valence-corrected chi connectivity index (χ3v) is 3.02. The predicted molar refractivity (Wildman–Crippen MR) is 79.7 cm³/mol. The normalized spacial score (nSPS) is 11.8. The lowest BCUT2D eigenvalue weighted by Crippen LogP contribution is -2.07. The van der Waals surface area contributed by atoms with Gasteiger partial charge in [-0.25, -0.2) is 0 Å². The fraction of sp³-hybridized carbons (Fsp3) is 0.375. The Hall–Kier alpha value is -1.42. The van der Waals surface area contributed by atoms with Gasteiger partial charge >= 0.3 is 6.18 Å². The van der Waals surface area contributed by atoms with E-state index in [1.54, 1.807) is 12.2 Å². The Morgan fingerprint density at radius 3 is 2.43 bits per heavy atom. The summed E-state index contributed by atoms with van der Waals surface area (Å²) in [5.41, 5.74) is 0.862. The van der Waals surface area contributed by atoms with Crippen molar-refractivity contribution in [2.75, 3.05) is 5.88 Å². The molecule has 1 aromatic carbocycles. The molecular formula is C16H18ClF3O. The van der Waals surface area contributed by atoms with Crippen molar-refractivity contribution in [2.45, 2.75) is 33.4 Å². The first-order valence-corrected chi connectivity index (χ1v) is 7.11. The Balaban J connectivity index is 3.21. The smallest absolute Gasteiger partial charge is 0.416 e. The minimum absolute atomic E-state index is 0.225. The largest absolute Gasteiger partial charge is 0.457 e. The summed E-state index contributed by atoms with van der Waals surface area (Å²) in [6, 6.07) is 3.56. The molecule has 0 aliphatic carbocycles. The average molecular weight is 319 g/mol. The number of benzene rings is 1. The number of hydrogen-bond acceptors (Lipinski definition) is 1. The van der Waals surface area contributed by atoms with Crippen LogP contribution in [0.2, 0.25) is 0 Å². The molecule has 0 spiro atoms. The molecule has 1 nitrogen and oxygen atoms in total.